The molecule has 0 fully saturated rings. The van der Waals surface area contributed by atoms with Crippen molar-refractivity contribution in [1.82, 2.24) is 15.6 Å². The first-order valence-corrected chi connectivity index (χ1v) is 11.4. The van der Waals surface area contributed by atoms with Gasteiger partial charge in [0, 0.05) is 29.7 Å². The fourth-order valence-electron chi connectivity index (χ4n) is 3.16. The molecule has 1 aromatic heterocycles. The number of benzene rings is 1. The van der Waals surface area contributed by atoms with Crippen LogP contribution in [0.5, 0.6) is 0 Å². The smallest absolute Gasteiger partial charge is 0.248 e. The Labute approximate surface area is 185 Å². The summed E-state index contributed by atoms with van der Waals surface area (Å²) in [6.45, 7) is 6.84. The number of nitrogens with zero attached hydrogens (tertiary/aromatic N) is 1. The average Bonchev–Trinajstić information content (AvgIpc) is 3.14. The quantitative estimate of drug-likeness (QED) is 0.451. The van der Waals surface area contributed by atoms with E-state index in [0.29, 0.717) is 30.6 Å². The lowest BCUT2D eigenvalue weighted by Crippen LogP contribution is -2.44. The second-order valence-corrected chi connectivity index (χ2v) is 8.49. The molecule has 1 heterocycles. The zero-order valence-corrected chi connectivity index (χ0v) is 19.0. The molecule has 1 aromatic carbocycles. The lowest BCUT2D eigenvalue weighted by molar-refractivity contribution is -0.126. The Balaban J connectivity index is 1.93. The van der Waals surface area contributed by atoms with E-state index in [-0.39, 0.29) is 17.9 Å². The molecule has 31 heavy (non-hydrogen) atoms. The van der Waals surface area contributed by atoms with Crippen LogP contribution in [0.2, 0.25) is 0 Å². The Bertz CT molecular complexity index is 851. The van der Waals surface area contributed by atoms with E-state index in [4.69, 9.17) is 0 Å². The summed E-state index contributed by atoms with van der Waals surface area (Å²) in [5, 5.41) is 9.33. The largest absolute Gasteiger partial charge is 0.344 e. The van der Waals surface area contributed by atoms with E-state index in [1.807, 2.05) is 6.92 Å². The number of thiazole rings is 1. The van der Waals surface area contributed by atoms with Crippen molar-refractivity contribution >= 4 is 28.3 Å². The van der Waals surface area contributed by atoms with Gasteiger partial charge in [-0.3, -0.25) is 9.59 Å². The number of aromatic nitrogens is 1. The summed E-state index contributed by atoms with van der Waals surface area (Å²) in [4.78, 5) is 30.3. The minimum absolute atomic E-state index is 0.209. The molecule has 0 saturated heterocycles. The molecule has 2 rings (SSSR count). The summed E-state index contributed by atoms with van der Waals surface area (Å²) in [5.41, 5.74) is 0.209. The van der Waals surface area contributed by atoms with Crippen LogP contribution in [-0.4, -0.2) is 28.9 Å². The third kappa shape index (κ3) is 8.34. The number of rotatable bonds is 12. The number of carbonyl (C=O) groups excluding carboxylic acids is 2. The molecule has 3 N–H and O–H groups in total. The van der Waals surface area contributed by atoms with Crippen LogP contribution in [-0.2, 0) is 22.6 Å². The fraction of sp³-hybridized carbons (Fsp3) is 0.500. The summed E-state index contributed by atoms with van der Waals surface area (Å²) < 4.78 is 26.7. The molecule has 170 valence electrons. The number of hydrogen-bond acceptors (Lipinski definition) is 5. The summed E-state index contributed by atoms with van der Waals surface area (Å²) >= 11 is 1.38. The Hall–Kier alpha value is -2.39. The highest BCUT2D eigenvalue weighted by Gasteiger charge is 2.21. The van der Waals surface area contributed by atoms with Crippen molar-refractivity contribution in [3.05, 3.63) is 46.5 Å². The summed E-state index contributed by atoms with van der Waals surface area (Å²) in [6.07, 6.45) is 4.70. The minimum atomic E-state index is -0.758. The Morgan fingerprint density at radius 1 is 1.10 bits per heavy atom. The molecule has 6 nitrogen and oxygen atoms in total. The number of nitrogens with one attached hydrogen (secondary N) is 3. The molecule has 1 atom stereocenters. The highest BCUT2D eigenvalue weighted by atomic mass is 32.1. The van der Waals surface area contributed by atoms with Gasteiger partial charge in [0.1, 0.15) is 17.7 Å². The van der Waals surface area contributed by atoms with Crippen molar-refractivity contribution in [2.75, 3.05) is 5.32 Å². The first-order chi connectivity index (χ1) is 14.8. The summed E-state index contributed by atoms with van der Waals surface area (Å²) in [7, 11) is 0. The van der Waals surface area contributed by atoms with Gasteiger partial charge in [-0.2, -0.15) is 0 Å². The van der Waals surface area contributed by atoms with Crippen molar-refractivity contribution in [1.29, 1.82) is 0 Å². The van der Waals surface area contributed by atoms with Crippen molar-refractivity contribution in [3.8, 4) is 0 Å². The van der Waals surface area contributed by atoms with Gasteiger partial charge in [-0.15, -0.1) is 11.3 Å². The molecule has 0 aliphatic rings. The lowest BCUT2D eigenvalue weighted by atomic mass is 10.1. The third-order valence-electron chi connectivity index (χ3n) is 4.85. The third-order valence-corrected chi connectivity index (χ3v) is 5.76. The molecule has 9 heteroatoms. The zero-order valence-electron chi connectivity index (χ0n) is 18.1. The number of amides is 2. The van der Waals surface area contributed by atoms with Crippen LogP contribution in [0.1, 0.15) is 56.9 Å². The maximum atomic E-state index is 13.3. The van der Waals surface area contributed by atoms with Crippen molar-refractivity contribution in [2.24, 2.45) is 0 Å². The average molecular weight is 453 g/mol. The molecule has 0 radical (unpaired) electrons. The molecule has 0 aliphatic carbocycles. The summed E-state index contributed by atoms with van der Waals surface area (Å²) in [5.74, 6) is -2.34. The molecule has 0 bridgehead atoms. The molecule has 2 amide bonds. The number of halogens is 2. The first kappa shape index (κ1) is 24.9. The van der Waals surface area contributed by atoms with Gasteiger partial charge in [0.05, 0.1) is 6.42 Å². The van der Waals surface area contributed by atoms with Gasteiger partial charge in [-0.1, -0.05) is 27.2 Å². The van der Waals surface area contributed by atoms with Crippen molar-refractivity contribution < 1.29 is 18.4 Å². The Morgan fingerprint density at radius 3 is 2.39 bits per heavy atom. The van der Waals surface area contributed by atoms with Gasteiger partial charge in [0.25, 0.3) is 0 Å². The molecule has 0 aliphatic heterocycles. The van der Waals surface area contributed by atoms with Crippen LogP contribution in [0.15, 0.2) is 24.4 Å². The fourth-order valence-corrected chi connectivity index (χ4v) is 3.93. The standard InChI is InChI=1S/C22H30F2N4O2S/c1-4-7-19(27-20(29)10-14-8-15(23)11-16(24)9-14)21(30)28-22-26-13-18(31-22)12-25-17(5-2)6-3/h8-9,11,13,17,19,25H,4-7,10,12H2,1-3H3,(H,27,29)(H,26,28,30). The number of carbonyl (C=O) groups is 2. The van der Waals surface area contributed by atoms with Gasteiger partial charge < -0.3 is 16.0 Å². The number of anilines is 1. The van der Waals surface area contributed by atoms with E-state index in [9.17, 15) is 18.4 Å². The van der Waals surface area contributed by atoms with E-state index in [2.05, 4.69) is 34.8 Å². The highest BCUT2D eigenvalue weighted by Crippen LogP contribution is 2.19. The molecular formula is C22H30F2N4O2S. The Morgan fingerprint density at radius 2 is 1.77 bits per heavy atom. The van der Waals surface area contributed by atoms with Crippen molar-refractivity contribution in [2.45, 2.75) is 71.5 Å². The maximum absolute atomic E-state index is 13.3. The van der Waals surface area contributed by atoms with Crippen molar-refractivity contribution in [3.63, 3.8) is 0 Å². The minimum Gasteiger partial charge on any atom is -0.344 e. The second kappa shape index (κ2) is 12.5. The van der Waals surface area contributed by atoms with E-state index in [1.165, 1.54) is 11.3 Å². The number of hydrogen-bond donors (Lipinski definition) is 3. The molecule has 0 saturated carbocycles. The van der Waals surface area contributed by atoms with Crippen LogP contribution in [0, 0.1) is 11.6 Å². The van der Waals surface area contributed by atoms with Gasteiger partial charge >= 0.3 is 0 Å². The lowest BCUT2D eigenvalue weighted by Gasteiger charge is -2.17. The highest BCUT2D eigenvalue weighted by molar-refractivity contribution is 7.15. The van der Waals surface area contributed by atoms with Crippen LogP contribution in [0.25, 0.3) is 0 Å². The first-order valence-electron chi connectivity index (χ1n) is 10.6. The monoisotopic (exact) mass is 452 g/mol. The maximum Gasteiger partial charge on any atom is 0.248 e. The van der Waals surface area contributed by atoms with Gasteiger partial charge in [-0.05, 0) is 37.0 Å². The van der Waals surface area contributed by atoms with E-state index < -0.39 is 23.6 Å². The predicted octanol–water partition coefficient (Wildman–Crippen LogP) is 4.17. The van der Waals surface area contributed by atoms with Crippen LogP contribution in [0.4, 0.5) is 13.9 Å². The molecule has 2 aromatic rings. The van der Waals surface area contributed by atoms with E-state index in [1.54, 1.807) is 6.20 Å². The zero-order chi connectivity index (χ0) is 22.8. The van der Waals surface area contributed by atoms with Gasteiger partial charge in [-0.25, -0.2) is 13.8 Å². The molecule has 0 spiro atoms. The van der Waals surface area contributed by atoms with Gasteiger partial charge in [0.15, 0.2) is 5.13 Å². The van der Waals surface area contributed by atoms with Gasteiger partial charge in [0.2, 0.25) is 11.8 Å². The summed E-state index contributed by atoms with van der Waals surface area (Å²) in [6, 6.07) is 2.63. The van der Waals surface area contributed by atoms with Crippen LogP contribution < -0.4 is 16.0 Å². The predicted molar refractivity (Wildman–Crippen MR) is 119 cm³/mol. The second-order valence-electron chi connectivity index (χ2n) is 7.38. The van der Waals surface area contributed by atoms with Crippen LogP contribution in [0.3, 0.4) is 0 Å². The Kier molecular flexibility index (Phi) is 10.00. The van der Waals surface area contributed by atoms with Crippen LogP contribution >= 0.6 is 11.3 Å². The SMILES string of the molecule is CCCC(NC(=O)Cc1cc(F)cc(F)c1)C(=O)Nc1ncc(CNC(CC)CC)s1. The molecular weight excluding hydrogens is 422 g/mol. The molecule has 1 unspecified atom stereocenters. The van der Waals surface area contributed by atoms with E-state index in [0.717, 1.165) is 35.9 Å². The normalized spacial score (nSPS) is 12.1. The van der Waals surface area contributed by atoms with E-state index >= 15 is 0 Å². The topological polar surface area (TPSA) is 83.1 Å².